The molecular formula is C21H29ClO2. The fourth-order valence-electron chi connectivity index (χ4n) is 3.68. The van der Waals surface area contributed by atoms with Crippen LogP contribution in [0.1, 0.15) is 69.9 Å². The van der Waals surface area contributed by atoms with Crippen molar-refractivity contribution in [1.29, 1.82) is 0 Å². The Morgan fingerprint density at radius 3 is 2.67 bits per heavy atom. The van der Waals surface area contributed by atoms with E-state index in [2.05, 4.69) is 26.5 Å². The molecule has 0 spiro atoms. The smallest absolute Gasteiger partial charge is 0.141 e. The van der Waals surface area contributed by atoms with Crippen LogP contribution in [-0.4, -0.2) is 10.2 Å². The summed E-state index contributed by atoms with van der Waals surface area (Å²) < 4.78 is 0. The zero-order chi connectivity index (χ0) is 17.9. The maximum Gasteiger partial charge on any atom is 0.141 e. The molecule has 0 aliphatic heterocycles. The van der Waals surface area contributed by atoms with E-state index in [0.29, 0.717) is 10.6 Å². The van der Waals surface area contributed by atoms with E-state index in [1.807, 2.05) is 6.92 Å². The molecule has 0 saturated heterocycles. The summed E-state index contributed by atoms with van der Waals surface area (Å²) in [7, 11) is 0. The zero-order valence-corrected chi connectivity index (χ0v) is 15.8. The van der Waals surface area contributed by atoms with Crippen molar-refractivity contribution in [3.05, 3.63) is 46.0 Å². The highest BCUT2D eigenvalue weighted by Crippen LogP contribution is 2.49. The van der Waals surface area contributed by atoms with Gasteiger partial charge in [-0.2, -0.15) is 0 Å². The normalized spacial score (nSPS) is 20.8. The average Bonchev–Trinajstić information content (AvgIpc) is 2.52. The van der Waals surface area contributed by atoms with Gasteiger partial charge in [-0.1, -0.05) is 55.2 Å². The van der Waals surface area contributed by atoms with Gasteiger partial charge in [0.1, 0.15) is 11.5 Å². The van der Waals surface area contributed by atoms with E-state index in [9.17, 15) is 10.2 Å². The number of unbranched alkanes of at least 4 members (excludes halogenated alkanes) is 2. The van der Waals surface area contributed by atoms with E-state index >= 15 is 0 Å². The Labute approximate surface area is 150 Å². The van der Waals surface area contributed by atoms with Crippen LogP contribution in [0.15, 0.2) is 29.9 Å². The van der Waals surface area contributed by atoms with E-state index in [0.717, 1.165) is 49.7 Å². The molecule has 2 nitrogen and oxygen atoms in total. The third-order valence-electron chi connectivity index (χ3n) is 5.10. The molecule has 0 bridgehead atoms. The highest BCUT2D eigenvalue weighted by Gasteiger charge is 2.31. The standard InChI is InChI=1S/C21H29ClO2/c1-5-6-7-8-15-12-18(23)19(21(24)20(15)22)17-11-14(4)9-10-16(17)13(2)3/h11-12,16-17,23-24H,2,5-10H2,1,3-4H3/t16-,17?/m0/s1. The lowest BCUT2D eigenvalue weighted by Crippen LogP contribution is -2.17. The first kappa shape index (κ1) is 18.9. The molecule has 0 radical (unpaired) electrons. The molecule has 1 unspecified atom stereocenters. The number of hydrogen-bond acceptors (Lipinski definition) is 2. The average molecular weight is 349 g/mol. The molecule has 1 aromatic rings. The number of allylic oxidation sites excluding steroid dienone is 3. The van der Waals surface area contributed by atoms with Gasteiger partial charge in [-0.05, 0) is 57.1 Å². The molecule has 1 aliphatic carbocycles. The first-order valence-corrected chi connectivity index (χ1v) is 9.30. The van der Waals surface area contributed by atoms with Crippen LogP contribution in [0, 0.1) is 5.92 Å². The molecule has 24 heavy (non-hydrogen) atoms. The summed E-state index contributed by atoms with van der Waals surface area (Å²) in [5.41, 5.74) is 3.73. The van der Waals surface area contributed by atoms with Gasteiger partial charge >= 0.3 is 0 Å². The monoisotopic (exact) mass is 348 g/mol. The molecule has 1 aromatic carbocycles. The van der Waals surface area contributed by atoms with E-state index < -0.39 is 0 Å². The largest absolute Gasteiger partial charge is 0.507 e. The molecule has 1 aliphatic rings. The van der Waals surface area contributed by atoms with Gasteiger partial charge in [0.25, 0.3) is 0 Å². The summed E-state index contributed by atoms with van der Waals surface area (Å²) in [5.74, 6) is 0.321. The Bertz CT molecular complexity index is 646. The Balaban J connectivity index is 2.44. The van der Waals surface area contributed by atoms with Crippen molar-refractivity contribution >= 4 is 11.6 Å². The van der Waals surface area contributed by atoms with E-state index in [1.165, 1.54) is 5.57 Å². The van der Waals surface area contributed by atoms with Gasteiger partial charge in [0.2, 0.25) is 0 Å². The van der Waals surface area contributed by atoms with Gasteiger partial charge in [0, 0.05) is 11.5 Å². The van der Waals surface area contributed by atoms with Crippen LogP contribution in [0.4, 0.5) is 0 Å². The van der Waals surface area contributed by atoms with Gasteiger partial charge in [0.15, 0.2) is 0 Å². The van der Waals surface area contributed by atoms with Crippen LogP contribution in [0.2, 0.25) is 5.02 Å². The van der Waals surface area contributed by atoms with Gasteiger partial charge < -0.3 is 10.2 Å². The van der Waals surface area contributed by atoms with Gasteiger partial charge in [-0.3, -0.25) is 0 Å². The number of halogens is 1. The Morgan fingerprint density at radius 2 is 2.04 bits per heavy atom. The SMILES string of the molecule is C=C(C)[C@@H]1CCC(C)=CC1c1c(O)cc(CCCCC)c(Cl)c1O. The number of hydrogen-bond donors (Lipinski definition) is 2. The minimum Gasteiger partial charge on any atom is -0.507 e. The highest BCUT2D eigenvalue weighted by atomic mass is 35.5. The summed E-state index contributed by atoms with van der Waals surface area (Å²) in [6, 6.07) is 1.74. The third-order valence-corrected chi connectivity index (χ3v) is 5.52. The van der Waals surface area contributed by atoms with Gasteiger partial charge in [-0.25, -0.2) is 0 Å². The highest BCUT2D eigenvalue weighted by molar-refractivity contribution is 6.33. The molecule has 0 amide bonds. The molecule has 2 N–H and O–H groups in total. The topological polar surface area (TPSA) is 40.5 Å². The summed E-state index contributed by atoms with van der Waals surface area (Å²) >= 11 is 6.43. The molecule has 0 saturated carbocycles. The number of aryl methyl sites for hydroxylation is 1. The lowest BCUT2D eigenvalue weighted by molar-refractivity contribution is 0.406. The lowest BCUT2D eigenvalue weighted by Gasteiger charge is -2.31. The van der Waals surface area contributed by atoms with Crippen LogP contribution >= 0.6 is 11.6 Å². The second-order valence-corrected chi connectivity index (χ2v) is 7.50. The number of phenols is 2. The van der Waals surface area contributed by atoms with E-state index in [-0.39, 0.29) is 23.3 Å². The van der Waals surface area contributed by atoms with Crippen molar-refractivity contribution in [3.8, 4) is 11.5 Å². The number of phenolic OH excluding ortho intramolecular Hbond substituents is 2. The summed E-state index contributed by atoms with van der Waals surface area (Å²) in [6.07, 6.45) is 8.17. The second kappa shape index (κ2) is 8.11. The number of rotatable bonds is 6. The number of aromatic hydroxyl groups is 2. The van der Waals surface area contributed by atoms with Crippen LogP contribution < -0.4 is 0 Å². The van der Waals surface area contributed by atoms with E-state index in [4.69, 9.17) is 11.6 Å². The molecule has 0 aromatic heterocycles. The minimum atomic E-state index is -0.0709. The minimum absolute atomic E-state index is 0.0327. The first-order chi connectivity index (χ1) is 11.4. The third kappa shape index (κ3) is 3.97. The van der Waals surface area contributed by atoms with Crippen molar-refractivity contribution in [3.63, 3.8) is 0 Å². The summed E-state index contributed by atoms with van der Waals surface area (Å²) in [5, 5.41) is 21.7. The summed E-state index contributed by atoms with van der Waals surface area (Å²) in [6.45, 7) is 10.4. The van der Waals surface area contributed by atoms with Gasteiger partial charge in [0.05, 0.1) is 5.02 Å². The van der Waals surface area contributed by atoms with Crippen LogP contribution in [0.5, 0.6) is 11.5 Å². The Hall–Kier alpha value is -1.41. The number of benzene rings is 1. The van der Waals surface area contributed by atoms with Crippen LogP contribution in [-0.2, 0) is 6.42 Å². The fraction of sp³-hybridized carbons (Fsp3) is 0.524. The van der Waals surface area contributed by atoms with E-state index in [1.54, 1.807) is 6.07 Å². The summed E-state index contributed by atoms with van der Waals surface area (Å²) in [4.78, 5) is 0. The van der Waals surface area contributed by atoms with Gasteiger partial charge in [-0.15, -0.1) is 0 Å². The Morgan fingerprint density at radius 1 is 1.33 bits per heavy atom. The predicted octanol–water partition coefficient (Wildman–Crippen LogP) is 6.50. The molecular weight excluding hydrogens is 320 g/mol. The molecule has 2 atom stereocenters. The second-order valence-electron chi connectivity index (χ2n) is 7.12. The van der Waals surface area contributed by atoms with Crippen molar-refractivity contribution in [2.45, 2.75) is 65.2 Å². The van der Waals surface area contributed by atoms with Crippen molar-refractivity contribution in [2.24, 2.45) is 5.92 Å². The van der Waals surface area contributed by atoms with Crippen LogP contribution in [0.3, 0.4) is 0 Å². The molecule has 3 heteroatoms. The first-order valence-electron chi connectivity index (χ1n) is 8.92. The molecule has 0 fully saturated rings. The molecule has 2 rings (SSSR count). The fourth-order valence-corrected chi connectivity index (χ4v) is 3.93. The molecule has 0 heterocycles. The van der Waals surface area contributed by atoms with Crippen molar-refractivity contribution in [2.75, 3.05) is 0 Å². The Kier molecular flexibility index (Phi) is 6.40. The van der Waals surface area contributed by atoms with Crippen LogP contribution in [0.25, 0.3) is 0 Å². The quantitative estimate of drug-likeness (QED) is 0.455. The zero-order valence-electron chi connectivity index (χ0n) is 15.0. The molecule has 132 valence electrons. The van der Waals surface area contributed by atoms with Crippen molar-refractivity contribution in [1.82, 2.24) is 0 Å². The maximum absolute atomic E-state index is 10.7. The lowest BCUT2D eigenvalue weighted by atomic mass is 9.73. The predicted molar refractivity (Wildman–Crippen MR) is 102 cm³/mol. The van der Waals surface area contributed by atoms with Crippen molar-refractivity contribution < 1.29 is 10.2 Å². The maximum atomic E-state index is 10.7.